The van der Waals surface area contributed by atoms with E-state index in [0.29, 0.717) is 25.2 Å². The number of amides is 2. The molecule has 0 bridgehead atoms. The van der Waals surface area contributed by atoms with Gasteiger partial charge in [0.15, 0.2) is 0 Å². The largest absolute Gasteiger partial charge is 0.530 e. The Labute approximate surface area is 289 Å². The minimum absolute atomic E-state index is 0.0314. The van der Waals surface area contributed by atoms with Gasteiger partial charge in [0.1, 0.15) is 17.4 Å². The van der Waals surface area contributed by atoms with E-state index in [-0.39, 0.29) is 19.5 Å². The second-order valence-corrected chi connectivity index (χ2v) is 13.7. The highest BCUT2D eigenvalue weighted by atomic mass is 16.6. The molecule has 2 aromatic carbocycles. The number of hydrogen-bond donors (Lipinski definition) is 5. The Kier molecular flexibility index (Phi) is 14.8. The molecule has 3 rings (SSSR count). The topological polar surface area (TPSA) is 177 Å². The zero-order chi connectivity index (χ0) is 36.0. The summed E-state index contributed by atoms with van der Waals surface area (Å²) in [6.07, 6.45) is -1.78. The summed E-state index contributed by atoms with van der Waals surface area (Å²) in [6.45, 7) is 8.13. The molecule has 12 heteroatoms. The Morgan fingerprint density at radius 1 is 0.878 bits per heavy atom. The van der Waals surface area contributed by atoms with Crippen LogP contribution in [0.3, 0.4) is 0 Å². The van der Waals surface area contributed by atoms with Crippen molar-refractivity contribution in [1.82, 2.24) is 20.5 Å². The zero-order valence-corrected chi connectivity index (χ0v) is 29.0. The second kappa shape index (κ2) is 18.5. The monoisotopic (exact) mass is 679 g/mol. The Morgan fingerprint density at radius 3 is 2.10 bits per heavy atom. The van der Waals surface area contributed by atoms with Crippen LogP contribution in [-0.2, 0) is 24.0 Å². The fraction of sp³-hybridized carbons (Fsp3) is 0.486. The van der Waals surface area contributed by atoms with E-state index >= 15 is 0 Å². The van der Waals surface area contributed by atoms with Crippen molar-refractivity contribution >= 4 is 12.2 Å². The lowest BCUT2D eigenvalue weighted by atomic mass is 9.94. The van der Waals surface area contributed by atoms with E-state index in [1.807, 2.05) is 48.5 Å². The van der Waals surface area contributed by atoms with Crippen LogP contribution >= 0.6 is 0 Å². The lowest BCUT2D eigenvalue weighted by molar-refractivity contribution is -0.277. The van der Waals surface area contributed by atoms with Crippen LogP contribution in [0.15, 0.2) is 79.0 Å². The summed E-state index contributed by atoms with van der Waals surface area (Å²) in [5.74, 6) is 0.630. The molecule has 12 nitrogen and oxygen atoms in total. The van der Waals surface area contributed by atoms with E-state index in [2.05, 4.69) is 15.6 Å². The van der Waals surface area contributed by atoms with Gasteiger partial charge in [0.25, 0.3) is 0 Å². The van der Waals surface area contributed by atoms with Gasteiger partial charge in [-0.3, -0.25) is 4.98 Å². The number of aliphatic hydroxyl groups excluding tert-OH is 3. The highest BCUT2D eigenvalue weighted by molar-refractivity contribution is 5.68. The van der Waals surface area contributed by atoms with Gasteiger partial charge in [-0.1, -0.05) is 48.5 Å². The maximum Gasteiger partial charge on any atom is 0.407 e. The summed E-state index contributed by atoms with van der Waals surface area (Å²) in [7, 11) is 0. The van der Waals surface area contributed by atoms with E-state index in [1.165, 1.54) is 0 Å². The van der Waals surface area contributed by atoms with Crippen LogP contribution in [0.25, 0.3) is 0 Å². The fourth-order valence-electron chi connectivity index (χ4n) is 5.36. The maximum absolute atomic E-state index is 12.6. The molecule has 49 heavy (non-hydrogen) atoms. The molecule has 4 atom stereocenters. The lowest BCUT2D eigenvalue weighted by Gasteiger charge is -2.46. The fourth-order valence-corrected chi connectivity index (χ4v) is 5.36. The Hall–Kier alpha value is -4.23. The van der Waals surface area contributed by atoms with Gasteiger partial charge in [0.05, 0.1) is 43.0 Å². The maximum atomic E-state index is 12.6. The molecule has 0 aliphatic rings. The molecule has 1 aromatic heterocycles. The molecule has 0 radical (unpaired) electrons. The number of benzene rings is 2. The summed E-state index contributed by atoms with van der Waals surface area (Å²) in [4.78, 5) is 30.3. The van der Waals surface area contributed by atoms with Crippen molar-refractivity contribution in [1.29, 1.82) is 0 Å². The molecule has 5 N–H and O–H groups in total. The number of carboxylic acid groups (broad SMARTS) is 1. The van der Waals surface area contributed by atoms with Gasteiger partial charge in [-0.25, -0.2) is 4.79 Å². The smallest absolute Gasteiger partial charge is 0.407 e. The van der Waals surface area contributed by atoms with Crippen LogP contribution in [0.5, 0.6) is 5.75 Å². The SMILES string of the molecule is CC(C)(C)OC(=O)N[C@@H](Cc1ccccc1)[C@H](O)CNC[C@@H](O)[C@H](Cc1ccc(OCCc2ccccn2)cc1)N(C(=O)[O-])C(C)(C)CO. The number of hydrogen-bond acceptors (Lipinski definition) is 10. The van der Waals surface area contributed by atoms with Crippen LogP contribution in [0.1, 0.15) is 51.4 Å². The van der Waals surface area contributed by atoms with Gasteiger partial charge in [-0.2, -0.15) is 0 Å². The molecule has 0 fully saturated rings. The predicted octanol–water partition coefficient (Wildman–Crippen LogP) is 2.48. The molecule has 1 heterocycles. The first-order chi connectivity index (χ1) is 23.2. The van der Waals surface area contributed by atoms with Crippen molar-refractivity contribution in [2.24, 2.45) is 0 Å². The molecule has 0 spiro atoms. The number of carbonyl (C=O) groups excluding carboxylic acids is 2. The van der Waals surface area contributed by atoms with Crippen LogP contribution < -0.4 is 20.5 Å². The van der Waals surface area contributed by atoms with E-state index in [4.69, 9.17) is 9.47 Å². The van der Waals surface area contributed by atoms with Crippen molar-refractivity contribution in [3.8, 4) is 5.75 Å². The van der Waals surface area contributed by atoms with Crippen LogP contribution in [0.4, 0.5) is 9.59 Å². The summed E-state index contributed by atoms with van der Waals surface area (Å²) in [5.41, 5.74) is 0.534. The van der Waals surface area contributed by atoms with Crippen LogP contribution in [0, 0.1) is 0 Å². The normalized spacial score (nSPS) is 14.3. The van der Waals surface area contributed by atoms with Crippen LogP contribution in [0.2, 0.25) is 0 Å². The van der Waals surface area contributed by atoms with Gasteiger partial charge in [-0.05, 0) is 82.9 Å². The van der Waals surface area contributed by atoms with Crippen LogP contribution in [-0.4, -0.2) is 99.1 Å². The first kappa shape index (κ1) is 39.2. The van der Waals surface area contributed by atoms with Crippen molar-refractivity contribution in [2.45, 2.75) is 89.3 Å². The molecule has 0 aliphatic carbocycles. The number of alkyl carbamates (subject to hydrolysis) is 1. The summed E-state index contributed by atoms with van der Waals surface area (Å²) in [5, 5.41) is 50.8. The number of nitrogens with zero attached hydrogens (tertiary/aromatic N) is 2. The van der Waals surface area contributed by atoms with Gasteiger partial charge < -0.3 is 50.2 Å². The summed E-state index contributed by atoms with van der Waals surface area (Å²) < 4.78 is 11.3. The van der Waals surface area contributed by atoms with Gasteiger partial charge in [0.2, 0.25) is 0 Å². The van der Waals surface area contributed by atoms with Gasteiger partial charge in [-0.15, -0.1) is 0 Å². The minimum atomic E-state index is -1.54. The predicted molar refractivity (Wildman–Crippen MR) is 184 cm³/mol. The van der Waals surface area contributed by atoms with E-state index in [9.17, 15) is 30.0 Å². The van der Waals surface area contributed by atoms with Gasteiger partial charge >= 0.3 is 6.09 Å². The molecular weight excluding hydrogens is 628 g/mol. The zero-order valence-electron chi connectivity index (χ0n) is 29.0. The summed E-state index contributed by atoms with van der Waals surface area (Å²) in [6, 6.07) is 20.5. The molecule has 0 saturated carbocycles. The Morgan fingerprint density at radius 2 is 1.51 bits per heavy atom. The molecule has 3 aromatic rings. The number of carbonyl (C=O) groups is 2. The molecule has 268 valence electrons. The van der Waals surface area contributed by atoms with Crippen molar-refractivity contribution in [2.75, 3.05) is 26.3 Å². The number of aliphatic hydroxyl groups is 3. The van der Waals surface area contributed by atoms with Crippen molar-refractivity contribution in [3.63, 3.8) is 0 Å². The quantitative estimate of drug-likeness (QED) is 0.134. The third-order valence-corrected chi connectivity index (χ3v) is 7.90. The molecular formula is C37H51N4O8-. The number of rotatable bonds is 18. The number of nitrogens with one attached hydrogen (secondary N) is 2. The lowest BCUT2D eigenvalue weighted by Crippen LogP contribution is -2.64. The Bertz CT molecular complexity index is 1420. The molecule has 0 unspecified atom stereocenters. The minimum Gasteiger partial charge on any atom is -0.530 e. The van der Waals surface area contributed by atoms with Crippen molar-refractivity contribution in [3.05, 3.63) is 95.8 Å². The molecule has 2 amide bonds. The summed E-state index contributed by atoms with van der Waals surface area (Å²) >= 11 is 0. The Balaban J connectivity index is 1.69. The third kappa shape index (κ3) is 13.3. The highest BCUT2D eigenvalue weighted by Crippen LogP contribution is 2.24. The number of pyridine rings is 1. The third-order valence-electron chi connectivity index (χ3n) is 7.90. The van der Waals surface area contributed by atoms with E-state index < -0.39 is 54.2 Å². The number of aromatic nitrogens is 1. The van der Waals surface area contributed by atoms with Crippen molar-refractivity contribution < 1.29 is 39.5 Å². The molecule has 0 saturated heterocycles. The highest BCUT2D eigenvalue weighted by Gasteiger charge is 2.36. The van der Waals surface area contributed by atoms with Gasteiger partial charge in [0, 0.05) is 31.4 Å². The van der Waals surface area contributed by atoms with E-state index in [0.717, 1.165) is 21.7 Å². The number of ether oxygens (including phenoxy) is 2. The average molecular weight is 680 g/mol. The molecule has 0 aliphatic heterocycles. The standard InChI is InChI=1S/C37H52N4O8/c1-36(2,3)49-34(45)40-30(21-26-11-7-6-8-12-26)32(43)23-38-24-33(44)31(41(35(46)47)37(4,5)25-42)22-27-14-16-29(17-15-27)48-20-18-28-13-9-10-19-39-28/h6-17,19,30-33,38,42-44H,18,20-25H2,1-5H3,(H,40,45)(H,46,47)/p-1/t30-,31-,32+,33+/m0/s1. The second-order valence-electron chi connectivity index (χ2n) is 13.7. The first-order valence-corrected chi connectivity index (χ1v) is 16.5. The first-order valence-electron chi connectivity index (χ1n) is 16.5. The average Bonchev–Trinajstić information content (AvgIpc) is 3.04. The van der Waals surface area contributed by atoms with E-state index in [1.54, 1.807) is 65.1 Å².